The maximum atomic E-state index is 12.7. The molecule has 6 heteroatoms. The molecule has 2 fully saturated rings. The smallest absolute Gasteiger partial charge is 0.254 e. The fourth-order valence-electron chi connectivity index (χ4n) is 4.21. The molecule has 1 aromatic heterocycles. The maximum Gasteiger partial charge on any atom is 0.254 e. The van der Waals surface area contributed by atoms with Crippen LogP contribution in [0.2, 0.25) is 0 Å². The van der Waals surface area contributed by atoms with Crippen LogP contribution in [0.1, 0.15) is 28.8 Å². The first-order valence-corrected chi connectivity index (χ1v) is 10.5. The van der Waals surface area contributed by atoms with Crippen LogP contribution >= 0.6 is 0 Å². The van der Waals surface area contributed by atoms with Gasteiger partial charge >= 0.3 is 0 Å². The molecule has 0 aliphatic carbocycles. The number of hydrogen-bond acceptors (Lipinski definition) is 5. The molecule has 29 heavy (non-hydrogen) atoms. The highest BCUT2D eigenvalue weighted by atomic mass is 16.5. The van der Waals surface area contributed by atoms with E-state index in [2.05, 4.69) is 22.0 Å². The predicted octanol–water partition coefficient (Wildman–Crippen LogP) is 2.37. The van der Waals surface area contributed by atoms with Crippen molar-refractivity contribution in [3.05, 3.63) is 59.8 Å². The molecule has 4 rings (SSSR count). The summed E-state index contributed by atoms with van der Waals surface area (Å²) in [5, 5.41) is 10.7. The number of hydrogen-bond donors (Lipinski definition) is 1. The first-order valence-electron chi connectivity index (χ1n) is 10.5. The monoisotopic (exact) mass is 395 g/mol. The number of benzene rings is 1. The summed E-state index contributed by atoms with van der Waals surface area (Å²) < 4.78 is 5.34. The van der Waals surface area contributed by atoms with Crippen molar-refractivity contribution in [3.8, 4) is 0 Å². The minimum atomic E-state index is -0.318. The first kappa shape index (κ1) is 19.9. The molecule has 2 aromatic rings. The lowest BCUT2D eigenvalue weighted by Gasteiger charge is -2.35. The number of aliphatic hydroxyl groups excluding tert-OH is 1. The zero-order valence-electron chi connectivity index (χ0n) is 16.7. The quantitative estimate of drug-likeness (QED) is 0.842. The van der Waals surface area contributed by atoms with Crippen molar-refractivity contribution in [1.82, 2.24) is 9.88 Å². The van der Waals surface area contributed by atoms with Crippen molar-refractivity contribution in [2.75, 3.05) is 44.3 Å². The van der Waals surface area contributed by atoms with Gasteiger partial charge in [0, 0.05) is 37.9 Å². The highest BCUT2D eigenvalue weighted by molar-refractivity contribution is 5.94. The van der Waals surface area contributed by atoms with Gasteiger partial charge in [0.15, 0.2) is 0 Å². The number of nitrogens with zero attached hydrogens (tertiary/aromatic N) is 3. The lowest BCUT2D eigenvalue weighted by atomic mass is 9.88. The Hall–Kier alpha value is -2.44. The fraction of sp³-hybridized carbons (Fsp3) is 0.478. The summed E-state index contributed by atoms with van der Waals surface area (Å²) in [5.74, 6) is 1.19. The first-order chi connectivity index (χ1) is 14.2. The molecule has 1 atom stereocenters. The molecule has 0 bridgehead atoms. The third kappa shape index (κ3) is 4.95. The van der Waals surface area contributed by atoms with Gasteiger partial charge in [0.25, 0.3) is 5.91 Å². The SMILES string of the molecule is O=C(c1ccnc(N2CCC(C(O)Cc3ccccc3)CC2)c1)N1CCOCC1. The Morgan fingerprint density at radius 3 is 2.55 bits per heavy atom. The summed E-state index contributed by atoms with van der Waals surface area (Å²) in [5.41, 5.74) is 1.86. The van der Waals surface area contributed by atoms with Crippen LogP contribution < -0.4 is 4.90 Å². The van der Waals surface area contributed by atoms with E-state index < -0.39 is 0 Å². The maximum absolute atomic E-state index is 12.7. The van der Waals surface area contributed by atoms with E-state index in [1.807, 2.05) is 29.2 Å². The van der Waals surface area contributed by atoms with Crippen molar-refractivity contribution < 1.29 is 14.6 Å². The van der Waals surface area contributed by atoms with Gasteiger partial charge in [-0.25, -0.2) is 4.98 Å². The molecule has 0 radical (unpaired) electrons. The molecular weight excluding hydrogens is 366 g/mol. The van der Waals surface area contributed by atoms with Crippen LogP contribution in [-0.2, 0) is 11.2 Å². The molecule has 154 valence electrons. The van der Waals surface area contributed by atoms with Gasteiger partial charge in [-0.05, 0) is 42.9 Å². The van der Waals surface area contributed by atoms with Gasteiger partial charge in [-0.15, -0.1) is 0 Å². The van der Waals surface area contributed by atoms with Crippen LogP contribution in [-0.4, -0.2) is 66.4 Å². The minimum Gasteiger partial charge on any atom is -0.392 e. The lowest BCUT2D eigenvalue weighted by Crippen LogP contribution is -2.41. The van der Waals surface area contributed by atoms with E-state index >= 15 is 0 Å². The number of aliphatic hydroxyl groups is 1. The zero-order chi connectivity index (χ0) is 20.1. The van der Waals surface area contributed by atoms with E-state index in [1.165, 1.54) is 5.56 Å². The number of ether oxygens (including phenoxy) is 1. The van der Waals surface area contributed by atoms with Crippen LogP contribution in [0.25, 0.3) is 0 Å². The topological polar surface area (TPSA) is 65.9 Å². The van der Waals surface area contributed by atoms with Crippen LogP contribution in [0.15, 0.2) is 48.7 Å². The van der Waals surface area contributed by atoms with Gasteiger partial charge in [0.05, 0.1) is 19.3 Å². The van der Waals surface area contributed by atoms with Gasteiger partial charge in [0.2, 0.25) is 0 Å². The average molecular weight is 396 g/mol. The molecule has 0 spiro atoms. The standard InChI is InChI=1S/C23H29N3O3/c27-21(16-18-4-2-1-3-5-18)19-7-10-25(11-8-19)22-17-20(6-9-24-22)23(28)26-12-14-29-15-13-26/h1-6,9,17,19,21,27H,7-8,10-16H2. The summed E-state index contributed by atoms with van der Waals surface area (Å²) in [4.78, 5) is 21.3. The van der Waals surface area contributed by atoms with E-state index in [9.17, 15) is 9.90 Å². The molecule has 2 aliphatic rings. The van der Waals surface area contributed by atoms with E-state index in [0.29, 0.717) is 44.2 Å². The zero-order valence-corrected chi connectivity index (χ0v) is 16.7. The van der Waals surface area contributed by atoms with Crippen molar-refractivity contribution in [3.63, 3.8) is 0 Å². The number of piperidine rings is 1. The predicted molar refractivity (Wildman–Crippen MR) is 112 cm³/mol. The molecule has 1 unspecified atom stereocenters. The highest BCUT2D eigenvalue weighted by Crippen LogP contribution is 2.26. The molecule has 1 aromatic carbocycles. The number of carbonyl (C=O) groups excluding carboxylic acids is 1. The van der Waals surface area contributed by atoms with Gasteiger partial charge in [-0.1, -0.05) is 30.3 Å². The lowest BCUT2D eigenvalue weighted by molar-refractivity contribution is 0.0303. The Morgan fingerprint density at radius 2 is 1.83 bits per heavy atom. The molecule has 1 amide bonds. The van der Waals surface area contributed by atoms with Gasteiger partial charge in [-0.2, -0.15) is 0 Å². The van der Waals surface area contributed by atoms with Crippen molar-refractivity contribution in [2.45, 2.75) is 25.4 Å². The number of morpholine rings is 1. The van der Waals surface area contributed by atoms with Crippen LogP contribution in [0, 0.1) is 5.92 Å². The summed E-state index contributed by atoms with van der Waals surface area (Å²) in [6.45, 7) is 4.17. The summed E-state index contributed by atoms with van der Waals surface area (Å²) >= 11 is 0. The van der Waals surface area contributed by atoms with Gasteiger partial charge < -0.3 is 19.6 Å². The van der Waals surface area contributed by atoms with E-state index in [0.717, 1.165) is 31.7 Å². The molecule has 0 saturated carbocycles. The second kappa shape index (κ2) is 9.37. The Bertz CT molecular complexity index is 800. The second-order valence-electron chi connectivity index (χ2n) is 7.89. The highest BCUT2D eigenvalue weighted by Gasteiger charge is 2.26. The van der Waals surface area contributed by atoms with E-state index in [-0.39, 0.29) is 12.0 Å². The van der Waals surface area contributed by atoms with Gasteiger partial charge in [0.1, 0.15) is 5.82 Å². The number of amides is 1. The summed E-state index contributed by atoms with van der Waals surface area (Å²) in [7, 11) is 0. The molecule has 2 saturated heterocycles. The summed E-state index contributed by atoms with van der Waals surface area (Å²) in [6, 6.07) is 13.9. The minimum absolute atomic E-state index is 0.0464. The van der Waals surface area contributed by atoms with Crippen LogP contribution in [0.3, 0.4) is 0 Å². The van der Waals surface area contributed by atoms with Crippen LogP contribution in [0.4, 0.5) is 5.82 Å². The average Bonchev–Trinajstić information content (AvgIpc) is 2.80. The molecular formula is C23H29N3O3. The van der Waals surface area contributed by atoms with Gasteiger partial charge in [-0.3, -0.25) is 4.79 Å². The van der Waals surface area contributed by atoms with Crippen molar-refractivity contribution in [1.29, 1.82) is 0 Å². The van der Waals surface area contributed by atoms with Crippen molar-refractivity contribution in [2.24, 2.45) is 5.92 Å². The Balaban J connectivity index is 1.34. The third-order valence-corrected chi connectivity index (χ3v) is 5.99. The third-order valence-electron chi connectivity index (χ3n) is 5.99. The van der Waals surface area contributed by atoms with Crippen molar-refractivity contribution >= 4 is 11.7 Å². The van der Waals surface area contributed by atoms with E-state index in [4.69, 9.17) is 4.74 Å². The Morgan fingerprint density at radius 1 is 1.10 bits per heavy atom. The molecule has 3 heterocycles. The number of pyridine rings is 1. The molecule has 1 N–H and O–H groups in total. The molecule has 6 nitrogen and oxygen atoms in total. The Labute approximate surface area is 172 Å². The number of rotatable bonds is 5. The number of carbonyl (C=O) groups is 1. The van der Waals surface area contributed by atoms with Crippen LogP contribution in [0.5, 0.6) is 0 Å². The van der Waals surface area contributed by atoms with E-state index in [1.54, 1.807) is 12.3 Å². The largest absolute Gasteiger partial charge is 0.392 e. The summed E-state index contributed by atoms with van der Waals surface area (Å²) in [6.07, 6.45) is 3.96. The normalized spacial score (nSPS) is 19.2. The molecule has 2 aliphatic heterocycles. The second-order valence-corrected chi connectivity index (χ2v) is 7.89. The fourth-order valence-corrected chi connectivity index (χ4v) is 4.21. The number of anilines is 1. The Kier molecular flexibility index (Phi) is 6.42. The number of aromatic nitrogens is 1.